The second-order valence-electron chi connectivity index (χ2n) is 3.20. The molecular weight excluding hydrogens is 306 g/mol. The van der Waals surface area contributed by atoms with Crippen molar-refractivity contribution in [2.45, 2.75) is 19.3 Å². The van der Waals surface area contributed by atoms with Gasteiger partial charge in [-0.25, -0.2) is 0 Å². The molecule has 1 heterocycles. The van der Waals surface area contributed by atoms with E-state index in [0.717, 1.165) is 11.1 Å². The van der Waals surface area contributed by atoms with E-state index in [1.165, 1.54) is 6.07 Å². The third-order valence-corrected chi connectivity index (χ3v) is 3.12. The number of rotatable bonds is 0. The molecule has 0 saturated heterocycles. The molecule has 0 saturated carbocycles. The Hall–Kier alpha value is -0.300. The van der Waals surface area contributed by atoms with Gasteiger partial charge in [0.1, 0.15) is 0 Å². The summed E-state index contributed by atoms with van der Waals surface area (Å²) >= 11 is 1.73. The smallest absolute Gasteiger partial charge is 0.309 e. The molecule has 1 aliphatic heterocycles. The van der Waals surface area contributed by atoms with E-state index in [4.69, 9.17) is 0 Å². The van der Waals surface area contributed by atoms with E-state index in [1.807, 2.05) is 0 Å². The first kappa shape index (κ1) is 10.2. The molecule has 1 nitrogen and oxygen atoms in total. The van der Waals surface area contributed by atoms with Crippen LogP contribution in [-0.2, 0) is 19.3 Å². The summed E-state index contributed by atoms with van der Waals surface area (Å²) in [5, 5.41) is 3.02. The maximum Gasteiger partial charge on any atom is 0.417 e. The van der Waals surface area contributed by atoms with E-state index in [2.05, 4.69) is 5.32 Å². The zero-order valence-corrected chi connectivity index (χ0v) is 9.24. The van der Waals surface area contributed by atoms with E-state index in [-0.39, 0.29) is 3.57 Å². The Morgan fingerprint density at radius 3 is 2.29 bits per heavy atom. The first-order chi connectivity index (χ1) is 6.48. The lowest BCUT2D eigenvalue weighted by atomic mass is 10.1. The van der Waals surface area contributed by atoms with Crippen LogP contribution in [0.2, 0.25) is 0 Å². The first-order valence-corrected chi connectivity index (χ1v) is 5.15. The van der Waals surface area contributed by atoms with Crippen LogP contribution in [0.1, 0.15) is 16.7 Å². The highest BCUT2D eigenvalue weighted by molar-refractivity contribution is 14.1. The molecule has 0 unspecified atom stereocenters. The third kappa shape index (κ3) is 1.75. The molecule has 0 atom stereocenters. The van der Waals surface area contributed by atoms with E-state index in [9.17, 15) is 13.2 Å². The number of fused-ring (bicyclic) bond motifs is 1. The van der Waals surface area contributed by atoms with Crippen LogP contribution in [0.25, 0.3) is 0 Å². The molecule has 1 aromatic rings. The fraction of sp³-hybridized carbons (Fsp3) is 0.333. The fourth-order valence-corrected chi connectivity index (χ4v) is 2.37. The van der Waals surface area contributed by atoms with Crippen LogP contribution in [0, 0.1) is 3.57 Å². The second kappa shape index (κ2) is 3.37. The lowest BCUT2D eigenvalue weighted by Gasteiger charge is -2.10. The average Bonchev–Trinajstić information content (AvgIpc) is 2.47. The van der Waals surface area contributed by atoms with Gasteiger partial charge in [0.15, 0.2) is 0 Å². The topological polar surface area (TPSA) is 12.0 Å². The van der Waals surface area contributed by atoms with Crippen molar-refractivity contribution in [3.8, 4) is 0 Å². The molecule has 1 N–H and O–H groups in total. The SMILES string of the molecule is FC(F)(F)c1cc2c(cc1I)CNC2. The van der Waals surface area contributed by atoms with Crippen LogP contribution in [0.4, 0.5) is 13.2 Å². The zero-order chi connectivity index (χ0) is 10.3. The van der Waals surface area contributed by atoms with Gasteiger partial charge in [-0.05, 0) is 45.9 Å². The predicted octanol–water partition coefficient (Wildman–Crippen LogP) is 2.91. The monoisotopic (exact) mass is 313 g/mol. The molecule has 0 aliphatic carbocycles. The molecule has 2 rings (SSSR count). The minimum atomic E-state index is -4.24. The molecule has 0 bridgehead atoms. The number of nitrogens with one attached hydrogen (secondary N) is 1. The quantitative estimate of drug-likeness (QED) is 0.726. The Kier molecular flexibility index (Phi) is 2.46. The molecule has 1 aromatic carbocycles. The summed E-state index contributed by atoms with van der Waals surface area (Å²) in [5.41, 5.74) is 1.21. The maximum atomic E-state index is 12.5. The normalized spacial score (nSPS) is 15.7. The first-order valence-electron chi connectivity index (χ1n) is 4.07. The van der Waals surface area contributed by atoms with Crippen molar-refractivity contribution in [1.82, 2.24) is 5.32 Å². The van der Waals surface area contributed by atoms with Crippen molar-refractivity contribution in [3.63, 3.8) is 0 Å². The van der Waals surface area contributed by atoms with Gasteiger partial charge in [0, 0.05) is 16.7 Å². The molecule has 0 amide bonds. The zero-order valence-electron chi connectivity index (χ0n) is 7.08. The molecule has 0 spiro atoms. The Morgan fingerprint density at radius 2 is 1.71 bits per heavy atom. The summed E-state index contributed by atoms with van der Waals surface area (Å²) in [5.74, 6) is 0. The van der Waals surface area contributed by atoms with Crippen molar-refractivity contribution in [3.05, 3.63) is 32.4 Å². The van der Waals surface area contributed by atoms with Gasteiger partial charge in [-0.2, -0.15) is 13.2 Å². The van der Waals surface area contributed by atoms with Crippen LogP contribution >= 0.6 is 22.6 Å². The van der Waals surface area contributed by atoms with Crippen LogP contribution in [0.15, 0.2) is 12.1 Å². The lowest BCUT2D eigenvalue weighted by Crippen LogP contribution is -2.08. The summed E-state index contributed by atoms with van der Waals surface area (Å²) in [7, 11) is 0. The minimum Gasteiger partial charge on any atom is -0.309 e. The highest BCUT2D eigenvalue weighted by Crippen LogP contribution is 2.35. The highest BCUT2D eigenvalue weighted by atomic mass is 127. The van der Waals surface area contributed by atoms with Crippen LogP contribution in [-0.4, -0.2) is 0 Å². The standard InChI is InChI=1S/C9H7F3IN/c10-9(11,12)7-1-5-3-14-4-6(5)2-8(7)13/h1-2,14H,3-4H2. The second-order valence-corrected chi connectivity index (χ2v) is 4.36. The lowest BCUT2D eigenvalue weighted by molar-refractivity contribution is -0.138. The molecule has 0 radical (unpaired) electrons. The fourth-order valence-electron chi connectivity index (χ4n) is 1.54. The Balaban J connectivity index is 2.53. The van der Waals surface area contributed by atoms with E-state index < -0.39 is 11.7 Å². The highest BCUT2D eigenvalue weighted by Gasteiger charge is 2.34. The Labute approximate surface area is 92.8 Å². The average molecular weight is 313 g/mol. The van der Waals surface area contributed by atoms with Crippen molar-refractivity contribution < 1.29 is 13.2 Å². The van der Waals surface area contributed by atoms with Gasteiger partial charge in [-0.3, -0.25) is 0 Å². The van der Waals surface area contributed by atoms with Crippen LogP contribution in [0.5, 0.6) is 0 Å². The van der Waals surface area contributed by atoms with Gasteiger partial charge in [0.25, 0.3) is 0 Å². The van der Waals surface area contributed by atoms with Gasteiger partial charge in [-0.1, -0.05) is 0 Å². The number of hydrogen-bond acceptors (Lipinski definition) is 1. The van der Waals surface area contributed by atoms with Crippen molar-refractivity contribution >= 4 is 22.6 Å². The van der Waals surface area contributed by atoms with Crippen molar-refractivity contribution in [1.29, 1.82) is 0 Å². The van der Waals surface area contributed by atoms with E-state index in [0.29, 0.717) is 13.1 Å². The van der Waals surface area contributed by atoms with Gasteiger partial charge in [0.2, 0.25) is 0 Å². The van der Waals surface area contributed by atoms with E-state index >= 15 is 0 Å². The van der Waals surface area contributed by atoms with Crippen LogP contribution in [0.3, 0.4) is 0 Å². The number of alkyl halides is 3. The number of hydrogen-bond donors (Lipinski definition) is 1. The van der Waals surface area contributed by atoms with Gasteiger partial charge >= 0.3 is 6.18 Å². The summed E-state index contributed by atoms with van der Waals surface area (Å²) in [4.78, 5) is 0. The van der Waals surface area contributed by atoms with Gasteiger partial charge < -0.3 is 5.32 Å². The molecule has 0 aromatic heterocycles. The Bertz CT molecular complexity index is 373. The molecule has 14 heavy (non-hydrogen) atoms. The molecular formula is C9H7F3IN. The Morgan fingerprint density at radius 1 is 1.14 bits per heavy atom. The minimum absolute atomic E-state index is 0.276. The van der Waals surface area contributed by atoms with E-state index in [1.54, 1.807) is 28.7 Å². The van der Waals surface area contributed by atoms with Gasteiger partial charge in [0.05, 0.1) is 5.56 Å². The number of benzene rings is 1. The van der Waals surface area contributed by atoms with Crippen molar-refractivity contribution in [2.24, 2.45) is 0 Å². The molecule has 5 heteroatoms. The van der Waals surface area contributed by atoms with Crippen molar-refractivity contribution in [2.75, 3.05) is 0 Å². The summed E-state index contributed by atoms with van der Waals surface area (Å²) in [6.45, 7) is 1.21. The summed E-state index contributed by atoms with van der Waals surface area (Å²) in [6, 6.07) is 2.86. The van der Waals surface area contributed by atoms with Crippen LogP contribution < -0.4 is 5.32 Å². The predicted molar refractivity (Wildman–Crippen MR) is 54.7 cm³/mol. The molecule has 0 fully saturated rings. The maximum absolute atomic E-state index is 12.5. The summed E-state index contributed by atoms with van der Waals surface area (Å²) < 4.78 is 37.8. The van der Waals surface area contributed by atoms with Gasteiger partial charge in [-0.15, -0.1) is 0 Å². The third-order valence-electron chi connectivity index (χ3n) is 2.23. The molecule has 1 aliphatic rings. The molecule has 76 valence electrons. The number of halogens is 4. The largest absolute Gasteiger partial charge is 0.417 e. The summed E-state index contributed by atoms with van der Waals surface area (Å²) in [6.07, 6.45) is -4.24.